The average molecular weight is 266 g/mol. The highest BCUT2D eigenvalue weighted by molar-refractivity contribution is 6.29. The molecule has 0 fully saturated rings. The molecular weight excluding hydrogens is 254 g/mol. The first-order chi connectivity index (χ1) is 8.70. The highest BCUT2D eigenvalue weighted by atomic mass is 35.5. The van der Waals surface area contributed by atoms with E-state index in [9.17, 15) is 4.79 Å². The fraction of sp³-hybridized carbons (Fsp3) is 0.273. The van der Waals surface area contributed by atoms with E-state index in [0.717, 1.165) is 6.42 Å². The zero-order valence-corrected chi connectivity index (χ0v) is 10.5. The number of nitrogens with one attached hydrogen (secondary N) is 2. The second kappa shape index (κ2) is 5.59. The van der Waals surface area contributed by atoms with E-state index in [4.69, 9.17) is 11.6 Å². The summed E-state index contributed by atoms with van der Waals surface area (Å²) in [4.78, 5) is 26.7. The van der Waals surface area contributed by atoms with Gasteiger partial charge in [0.1, 0.15) is 16.7 Å². The number of hydrogen-bond donors (Lipinski definition) is 2. The summed E-state index contributed by atoms with van der Waals surface area (Å²) in [7, 11) is 0. The molecule has 0 aliphatic heterocycles. The smallest absolute Gasteiger partial charge is 0.272 e. The molecule has 0 saturated carbocycles. The summed E-state index contributed by atoms with van der Waals surface area (Å²) in [6, 6.07) is -0.176. The Labute approximate surface area is 109 Å². The number of halogens is 1. The fourth-order valence-corrected chi connectivity index (χ4v) is 1.59. The van der Waals surface area contributed by atoms with Crippen LogP contribution in [0.15, 0.2) is 24.8 Å². The fourth-order valence-electron chi connectivity index (χ4n) is 1.49. The van der Waals surface area contributed by atoms with Gasteiger partial charge in [0, 0.05) is 12.4 Å². The van der Waals surface area contributed by atoms with Crippen molar-refractivity contribution < 1.29 is 4.79 Å². The molecule has 2 heterocycles. The molecule has 18 heavy (non-hydrogen) atoms. The minimum atomic E-state index is -0.303. The number of H-pyrrole nitrogens is 1. The van der Waals surface area contributed by atoms with E-state index in [0.29, 0.717) is 5.82 Å². The van der Waals surface area contributed by atoms with Gasteiger partial charge in [-0.25, -0.2) is 15.0 Å². The maximum Gasteiger partial charge on any atom is 0.272 e. The zero-order valence-electron chi connectivity index (χ0n) is 9.72. The number of hydrogen-bond acceptors (Lipinski definition) is 4. The Morgan fingerprint density at radius 3 is 2.83 bits per heavy atom. The van der Waals surface area contributed by atoms with Crippen molar-refractivity contribution in [1.29, 1.82) is 0 Å². The Morgan fingerprint density at radius 1 is 1.44 bits per heavy atom. The van der Waals surface area contributed by atoms with Crippen LogP contribution in [0.3, 0.4) is 0 Å². The lowest BCUT2D eigenvalue weighted by Gasteiger charge is -2.13. The number of amides is 1. The minimum Gasteiger partial charge on any atom is -0.347 e. The standard InChI is InChI=1S/C11H12ClN5O/c1-2-7(10-13-3-4-14-10)17-11(18)8-5-16-9(12)6-15-8/h3-7H,2H2,1H3,(H,13,14)(H,17,18). The van der Waals surface area contributed by atoms with Gasteiger partial charge in [0.15, 0.2) is 0 Å². The van der Waals surface area contributed by atoms with Crippen molar-refractivity contribution in [2.75, 3.05) is 0 Å². The monoisotopic (exact) mass is 265 g/mol. The maximum absolute atomic E-state index is 11.9. The van der Waals surface area contributed by atoms with Crippen molar-refractivity contribution in [2.24, 2.45) is 0 Å². The lowest BCUT2D eigenvalue weighted by molar-refractivity contribution is 0.0928. The van der Waals surface area contributed by atoms with Crippen LogP contribution in [0.1, 0.15) is 35.7 Å². The third-order valence-electron chi connectivity index (χ3n) is 2.42. The normalized spacial score (nSPS) is 12.1. The number of carbonyl (C=O) groups is 1. The van der Waals surface area contributed by atoms with Crippen LogP contribution < -0.4 is 5.32 Å². The van der Waals surface area contributed by atoms with Crippen LogP contribution in [0.4, 0.5) is 0 Å². The van der Waals surface area contributed by atoms with Gasteiger partial charge in [-0.1, -0.05) is 18.5 Å². The Hall–Kier alpha value is -1.95. The van der Waals surface area contributed by atoms with Gasteiger partial charge >= 0.3 is 0 Å². The molecule has 94 valence electrons. The number of imidazole rings is 1. The molecule has 6 nitrogen and oxygen atoms in total. The molecule has 1 amide bonds. The SMILES string of the molecule is CCC(NC(=O)c1cnc(Cl)cn1)c1ncc[nH]1. The molecule has 0 aromatic carbocycles. The third-order valence-corrected chi connectivity index (χ3v) is 2.61. The Bertz CT molecular complexity index is 511. The molecule has 0 aliphatic rings. The predicted molar refractivity (Wildman–Crippen MR) is 66.1 cm³/mol. The van der Waals surface area contributed by atoms with Gasteiger partial charge in [0.05, 0.1) is 18.4 Å². The summed E-state index contributed by atoms with van der Waals surface area (Å²) in [6.07, 6.45) is 6.76. The highest BCUT2D eigenvalue weighted by Gasteiger charge is 2.16. The summed E-state index contributed by atoms with van der Waals surface area (Å²) in [5.74, 6) is 0.412. The van der Waals surface area contributed by atoms with E-state index in [2.05, 4.69) is 25.3 Å². The van der Waals surface area contributed by atoms with Crippen molar-refractivity contribution in [3.63, 3.8) is 0 Å². The van der Waals surface area contributed by atoms with Crippen LogP contribution in [-0.4, -0.2) is 25.8 Å². The molecule has 2 aromatic heterocycles. The van der Waals surface area contributed by atoms with Crippen molar-refractivity contribution in [3.8, 4) is 0 Å². The zero-order chi connectivity index (χ0) is 13.0. The molecule has 2 aromatic rings. The largest absolute Gasteiger partial charge is 0.347 e. The van der Waals surface area contributed by atoms with Crippen molar-refractivity contribution in [2.45, 2.75) is 19.4 Å². The van der Waals surface area contributed by atoms with Crippen LogP contribution in [0.25, 0.3) is 0 Å². The highest BCUT2D eigenvalue weighted by Crippen LogP contribution is 2.12. The molecule has 1 atom stereocenters. The van der Waals surface area contributed by atoms with Crippen molar-refractivity contribution >= 4 is 17.5 Å². The summed E-state index contributed by atoms with van der Waals surface area (Å²) in [5.41, 5.74) is 0.226. The molecule has 2 N–H and O–H groups in total. The first-order valence-corrected chi connectivity index (χ1v) is 5.86. The number of aromatic nitrogens is 4. The van der Waals surface area contributed by atoms with Gasteiger partial charge in [0.2, 0.25) is 0 Å². The summed E-state index contributed by atoms with van der Waals surface area (Å²) >= 11 is 5.61. The summed E-state index contributed by atoms with van der Waals surface area (Å²) in [5, 5.41) is 3.08. The molecule has 0 bridgehead atoms. The first-order valence-electron chi connectivity index (χ1n) is 5.48. The van der Waals surface area contributed by atoms with Crippen LogP contribution in [0, 0.1) is 0 Å². The Morgan fingerprint density at radius 2 is 2.28 bits per heavy atom. The molecule has 0 spiro atoms. The molecule has 7 heteroatoms. The summed E-state index contributed by atoms with van der Waals surface area (Å²) < 4.78 is 0. The van der Waals surface area contributed by atoms with Crippen LogP contribution >= 0.6 is 11.6 Å². The third kappa shape index (κ3) is 2.84. The van der Waals surface area contributed by atoms with Crippen LogP contribution in [-0.2, 0) is 0 Å². The number of aromatic amines is 1. The lowest BCUT2D eigenvalue weighted by atomic mass is 10.2. The van der Waals surface area contributed by atoms with Crippen LogP contribution in [0.2, 0.25) is 5.15 Å². The molecule has 0 radical (unpaired) electrons. The molecule has 1 unspecified atom stereocenters. The molecular formula is C11H12ClN5O. The molecule has 0 aliphatic carbocycles. The van der Waals surface area contributed by atoms with Gasteiger partial charge in [-0.2, -0.15) is 0 Å². The number of carbonyl (C=O) groups excluding carboxylic acids is 1. The van der Waals surface area contributed by atoms with Crippen LogP contribution in [0.5, 0.6) is 0 Å². The quantitative estimate of drug-likeness (QED) is 0.882. The van der Waals surface area contributed by atoms with Gasteiger partial charge < -0.3 is 10.3 Å². The van der Waals surface area contributed by atoms with E-state index in [-0.39, 0.29) is 22.8 Å². The Balaban J connectivity index is 2.08. The lowest BCUT2D eigenvalue weighted by Crippen LogP contribution is -2.29. The van der Waals surface area contributed by atoms with Crippen molar-refractivity contribution in [1.82, 2.24) is 25.3 Å². The number of rotatable bonds is 4. The van der Waals surface area contributed by atoms with Gasteiger partial charge in [0.25, 0.3) is 5.91 Å². The second-order valence-electron chi connectivity index (χ2n) is 3.63. The number of nitrogens with zero attached hydrogens (tertiary/aromatic N) is 3. The maximum atomic E-state index is 11.9. The van der Waals surface area contributed by atoms with Crippen molar-refractivity contribution in [3.05, 3.63) is 41.5 Å². The Kier molecular flexibility index (Phi) is 3.88. The van der Waals surface area contributed by atoms with E-state index < -0.39 is 0 Å². The molecule has 0 saturated heterocycles. The topological polar surface area (TPSA) is 83.6 Å². The second-order valence-corrected chi connectivity index (χ2v) is 4.02. The summed E-state index contributed by atoms with van der Waals surface area (Å²) in [6.45, 7) is 1.96. The van der Waals surface area contributed by atoms with Gasteiger partial charge in [-0.15, -0.1) is 0 Å². The van der Waals surface area contributed by atoms with E-state index in [1.165, 1.54) is 12.4 Å². The minimum absolute atomic E-state index is 0.176. The first kappa shape index (κ1) is 12.5. The van der Waals surface area contributed by atoms with E-state index in [1.807, 2.05) is 6.92 Å². The van der Waals surface area contributed by atoms with E-state index >= 15 is 0 Å². The molecule has 2 rings (SSSR count). The van der Waals surface area contributed by atoms with E-state index in [1.54, 1.807) is 12.4 Å². The van der Waals surface area contributed by atoms with Gasteiger partial charge in [-0.05, 0) is 6.42 Å². The van der Waals surface area contributed by atoms with Gasteiger partial charge in [-0.3, -0.25) is 4.79 Å². The average Bonchev–Trinajstić information content (AvgIpc) is 2.90. The predicted octanol–water partition coefficient (Wildman–Crippen LogP) is 1.73.